The summed E-state index contributed by atoms with van der Waals surface area (Å²) in [4.78, 5) is 20.8. The summed E-state index contributed by atoms with van der Waals surface area (Å²) >= 11 is 0. The molecule has 1 aromatic heterocycles. The maximum atomic E-state index is 12.1. The Bertz CT molecular complexity index is 532. The summed E-state index contributed by atoms with van der Waals surface area (Å²) in [7, 11) is 0. The number of nitrogens with zero attached hydrogens (tertiary/aromatic N) is 4. The number of hydrogen-bond donors (Lipinski definition) is 0. The van der Waals surface area contributed by atoms with Crippen molar-refractivity contribution in [2.45, 2.75) is 59.4 Å². The van der Waals surface area contributed by atoms with Gasteiger partial charge in [0.25, 0.3) is 0 Å². The third kappa shape index (κ3) is 5.99. The van der Waals surface area contributed by atoms with Crippen LogP contribution in [0.25, 0.3) is 0 Å². The first-order chi connectivity index (χ1) is 12.0. The zero-order chi connectivity index (χ0) is 18.2. The van der Waals surface area contributed by atoms with Crippen LogP contribution in [0.4, 0.5) is 4.79 Å². The summed E-state index contributed by atoms with van der Waals surface area (Å²) in [5, 5.41) is 4.08. The molecule has 1 aliphatic heterocycles. The van der Waals surface area contributed by atoms with Gasteiger partial charge in [0.2, 0.25) is 5.89 Å². The van der Waals surface area contributed by atoms with Crippen LogP contribution >= 0.6 is 0 Å². The first-order valence-electron chi connectivity index (χ1n) is 9.49. The van der Waals surface area contributed by atoms with Gasteiger partial charge in [-0.05, 0) is 25.7 Å². The first-order valence-corrected chi connectivity index (χ1v) is 9.49. The van der Waals surface area contributed by atoms with Crippen molar-refractivity contribution in [3.05, 3.63) is 11.7 Å². The molecule has 0 aliphatic carbocycles. The topological polar surface area (TPSA) is 71.7 Å². The number of ether oxygens (including phenoxy) is 1. The fourth-order valence-corrected chi connectivity index (χ4v) is 2.87. The maximum absolute atomic E-state index is 12.1. The normalized spacial score (nSPS) is 17.6. The van der Waals surface area contributed by atoms with Crippen LogP contribution in [0.3, 0.4) is 0 Å². The second kappa shape index (κ2) is 9.75. The molecule has 1 amide bonds. The van der Waals surface area contributed by atoms with Gasteiger partial charge in [0.15, 0.2) is 5.82 Å². The Morgan fingerprint density at radius 3 is 2.76 bits per heavy atom. The first kappa shape index (κ1) is 19.7. The third-order valence-electron chi connectivity index (χ3n) is 4.47. The molecular formula is C18H32N4O3. The summed E-state index contributed by atoms with van der Waals surface area (Å²) in [5.74, 6) is 1.81. The zero-order valence-electron chi connectivity index (χ0n) is 16.0. The molecule has 1 aromatic rings. The molecule has 0 spiro atoms. The van der Waals surface area contributed by atoms with Crippen LogP contribution in [0.1, 0.15) is 64.7 Å². The van der Waals surface area contributed by atoms with Crippen molar-refractivity contribution >= 4 is 6.09 Å². The van der Waals surface area contributed by atoms with Crippen LogP contribution in [0, 0.1) is 5.92 Å². The molecule has 0 N–H and O–H groups in total. The van der Waals surface area contributed by atoms with Crippen molar-refractivity contribution in [2.24, 2.45) is 5.92 Å². The minimum atomic E-state index is -0.206. The molecule has 0 aromatic carbocycles. The summed E-state index contributed by atoms with van der Waals surface area (Å²) in [6.45, 7) is 11.9. The SMILES string of the molecule is CCCCc1noc([C@H](C)N2CCCN(C(=O)OCC(C)C)CC2)n1. The number of hydrogen-bond acceptors (Lipinski definition) is 6. The molecule has 142 valence electrons. The molecule has 0 radical (unpaired) electrons. The number of amides is 1. The summed E-state index contributed by atoms with van der Waals surface area (Å²) in [6.07, 6.45) is 3.77. The predicted molar refractivity (Wildman–Crippen MR) is 95.3 cm³/mol. The van der Waals surface area contributed by atoms with Gasteiger partial charge in [0.1, 0.15) is 0 Å². The second-order valence-electron chi connectivity index (χ2n) is 7.18. The van der Waals surface area contributed by atoms with Crippen LogP contribution in [-0.4, -0.2) is 58.8 Å². The van der Waals surface area contributed by atoms with Gasteiger partial charge >= 0.3 is 6.09 Å². The van der Waals surface area contributed by atoms with Gasteiger partial charge in [0.05, 0.1) is 12.6 Å². The molecule has 1 aliphatic rings. The van der Waals surface area contributed by atoms with E-state index >= 15 is 0 Å². The highest BCUT2D eigenvalue weighted by molar-refractivity contribution is 5.67. The van der Waals surface area contributed by atoms with Gasteiger partial charge in [-0.2, -0.15) is 4.98 Å². The Balaban J connectivity index is 1.87. The highest BCUT2D eigenvalue weighted by Crippen LogP contribution is 2.21. The van der Waals surface area contributed by atoms with Crippen molar-refractivity contribution in [1.82, 2.24) is 19.9 Å². The monoisotopic (exact) mass is 352 g/mol. The van der Waals surface area contributed by atoms with Crippen molar-refractivity contribution in [2.75, 3.05) is 32.8 Å². The van der Waals surface area contributed by atoms with E-state index in [0.29, 0.717) is 25.0 Å². The Kier molecular flexibility index (Phi) is 7.68. The summed E-state index contributed by atoms with van der Waals surface area (Å²) in [6, 6.07) is 0.0644. The predicted octanol–water partition coefficient (Wildman–Crippen LogP) is 3.27. The lowest BCUT2D eigenvalue weighted by atomic mass is 10.2. The molecule has 25 heavy (non-hydrogen) atoms. The molecule has 7 heteroatoms. The highest BCUT2D eigenvalue weighted by atomic mass is 16.6. The van der Waals surface area contributed by atoms with Crippen LogP contribution in [-0.2, 0) is 11.2 Å². The van der Waals surface area contributed by atoms with E-state index in [4.69, 9.17) is 9.26 Å². The van der Waals surface area contributed by atoms with Gasteiger partial charge in [-0.25, -0.2) is 4.79 Å². The van der Waals surface area contributed by atoms with E-state index in [9.17, 15) is 4.79 Å². The number of rotatable bonds is 7. The largest absolute Gasteiger partial charge is 0.449 e. The van der Waals surface area contributed by atoms with E-state index in [1.54, 1.807) is 4.90 Å². The molecule has 1 saturated heterocycles. The number of carbonyl (C=O) groups is 1. The average molecular weight is 352 g/mol. The lowest BCUT2D eigenvalue weighted by Crippen LogP contribution is -2.36. The third-order valence-corrected chi connectivity index (χ3v) is 4.47. The molecule has 7 nitrogen and oxygen atoms in total. The van der Waals surface area contributed by atoms with Gasteiger partial charge in [-0.1, -0.05) is 32.3 Å². The molecule has 2 rings (SSSR count). The Morgan fingerprint density at radius 2 is 2.04 bits per heavy atom. The summed E-state index contributed by atoms with van der Waals surface area (Å²) < 4.78 is 10.8. The fraction of sp³-hybridized carbons (Fsp3) is 0.833. The number of unbranched alkanes of at least 4 members (excludes halogenated alkanes) is 1. The van der Waals surface area contributed by atoms with Crippen LogP contribution in [0.5, 0.6) is 0 Å². The van der Waals surface area contributed by atoms with Crippen LogP contribution < -0.4 is 0 Å². The minimum Gasteiger partial charge on any atom is -0.449 e. The summed E-state index contributed by atoms with van der Waals surface area (Å²) in [5.41, 5.74) is 0. The van der Waals surface area contributed by atoms with E-state index in [1.165, 1.54) is 0 Å². The molecule has 1 fully saturated rings. The van der Waals surface area contributed by atoms with Gasteiger partial charge in [-0.3, -0.25) is 4.90 Å². The highest BCUT2D eigenvalue weighted by Gasteiger charge is 2.26. The quantitative estimate of drug-likeness (QED) is 0.750. The van der Waals surface area contributed by atoms with Crippen molar-refractivity contribution in [3.8, 4) is 0 Å². The number of carbonyl (C=O) groups excluding carboxylic acids is 1. The molecular weight excluding hydrogens is 320 g/mol. The van der Waals surface area contributed by atoms with Crippen LogP contribution in [0.15, 0.2) is 4.52 Å². The standard InChI is InChI=1S/C18H32N4O3/c1-5-6-8-16-19-17(25-20-16)15(4)21-9-7-10-22(12-11-21)18(23)24-13-14(2)3/h14-15H,5-13H2,1-4H3/t15-/m0/s1. The molecule has 2 heterocycles. The maximum Gasteiger partial charge on any atom is 0.409 e. The molecule has 1 atom stereocenters. The van der Waals surface area contributed by atoms with Crippen molar-refractivity contribution in [1.29, 1.82) is 0 Å². The van der Waals surface area contributed by atoms with E-state index in [-0.39, 0.29) is 12.1 Å². The molecule has 0 bridgehead atoms. The van der Waals surface area contributed by atoms with E-state index in [2.05, 4.69) is 28.9 Å². The van der Waals surface area contributed by atoms with Crippen molar-refractivity contribution < 1.29 is 14.1 Å². The van der Waals surface area contributed by atoms with Gasteiger partial charge in [-0.15, -0.1) is 0 Å². The minimum absolute atomic E-state index is 0.0644. The van der Waals surface area contributed by atoms with E-state index in [1.807, 2.05) is 13.8 Å². The second-order valence-corrected chi connectivity index (χ2v) is 7.18. The van der Waals surface area contributed by atoms with E-state index in [0.717, 1.165) is 51.1 Å². The van der Waals surface area contributed by atoms with Gasteiger partial charge in [0, 0.05) is 32.6 Å². The Hall–Kier alpha value is -1.63. The Labute approximate surface area is 150 Å². The van der Waals surface area contributed by atoms with Gasteiger partial charge < -0.3 is 14.2 Å². The lowest BCUT2D eigenvalue weighted by Gasteiger charge is -2.25. The zero-order valence-corrected chi connectivity index (χ0v) is 16.0. The average Bonchev–Trinajstić information content (AvgIpc) is 2.93. The van der Waals surface area contributed by atoms with Crippen LogP contribution in [0.2, 0.25) is 0 Å². The fourth-order valence-electron chi connectivity index (χ4n) is 2.87. The van der Waals surface area contributed by atoms with E-state index < -0.39 is 0 Å². The Morgan fingerprint density at radius 1 is 1.24 bits per heavy atom. The number of aromatic nitrogens is 2. The number of aryl methyl sites for hydroxylation is 1. The molecule has 0 unspecified atom stereocenters. The molecule has 0 saturated carbocycles. The van der Waals surface area contributed by atoms with Crippen molar-refractivity contribution in [3.63, 3.8) is 0 Å². The smallest absolute Gasteiger partial charge is 0.409 e. The lowest BCUT2D eigenvalue weighted by molar-refractivity contribution is 0.0919.